The summed E-state index contributed by atoms with van der Waals surface area (Å²) in [5.41, 5.74) is 0. The molecule has 0 N–H and O–H groups in total. The molecule has 36 valence electrons. The van der Waals surface area contributed by atoms with E-state index in [4.69, 9.17) is 16.3 Å². The summed E-state index contributed by atoms with van der Waals surface area (Å²) < 4.78 is 4.93. The fourth-order valence-electron chi connectivity index (χ4n) is 0.392. The van der Waals surface area contributed by atoms with Crippen molar-refractivity contribution in [1.29, 1.82) is 0 Å². The number of ether oxygens (including phenoxy) is 1. The maximum Gasteiger partial charge on any atom is 0.0973 e. The van der Waals surface area contributed by atoms with Crippen LogP contribution in [0.2, 0.25) is 0 Å². The molecular weight excluding hydrogens is 99.5 g/mol. The second-order valence-corrected chi connectivity index (χ2v) is 1.84. The van der Waals surface area contributed by atoms with Gasteiger partial charge in [-0.1, -0.05) is 0 Å². The van der Waals surface area contributed by atoms with E-state index in [-0.39, 0.29) is 0 Å². The molecule has 0 saturated carbocycles. The fraction of sp³-hybridized carbons (Fsp3) is 1.00. The summed E-state index contributed by atoms with van der Waals surface area (Å²) in [4.78, 5) is 0. The van der Waals surface area contributed by atoms with Gasteiger partial charge in [-0.05, 0) is 6.92 Å². The minimum absolute atomic E-state index is 0.367. The predicted molar refractivity (Wildman–Crippen MR) is 25.1 cm³/mol. The van der Waals surface area contributed by atoms with Crippen LogP contribution in [0.5, 0.6) is 0 Å². The van der Waals surface area contributed by atoms with Gasteiger partial charge in [0.1, 0.15) is 0 Å². The molecule has 1 rings (SSSR count). The van der Waals surface area contributed by atoms with Crippen LogP contribution in [0.3, 0.4) is 0 Å². The average molecular weight is 107 g/mol. The van der Waals surface area contributed by atoms with Gasteiger partial charge in [0.15, 0.2) is 0 Å². The quantitative estimate of drug-likeness (QED) is 0.359. The van der Waals surface area contributed by atoms with Gasteiger partial charge in [0.2, 0.25) is 0 Å². The van der Waals surface area contributed by atoms with E-state index in [0.717, 1.165) is 0 Å². The molecule has 0 amide bonds. The third kappa shape index (κ3) is 0.660. The van der Waals surface area contributed by atoms with Crippen LogP contribution in [0.1, 0.15) is 6.92 Å². The van der Waals surface area contributed by atoms with Crippen LogP contribution < -0.4 is 0 Å². The maximum atomic E-state index is 5.37. The molecule has 1 nitrogen and oxygen atoms in total. The highest BCUT2D eigenvalue weighted by Gasteiger charge is 2.32. The lowest BCUT2D eigenvalue weighted by molar-refractivity contribution is 0.390. The van der Waals surface area contributed by atoms with Gasteiger partial charge < -0.3 is 4.74 Å². The van der Waals surface area contributed by atoms with Crippen molar-refractivity contribution in [2.75, 3.05) is 5.88 Å². The SMILES string of the molecule is C[C@@H]1O[C@H]1CCl. The Morgan fingerprint density at radius 1 is 1.83 bits per heavy atom. The first-order chi connectivity index (χ1) is 2.84. The molecule has 0 aromatic rings. The van der Waals surface area contributed by atoms with E-state index in [1.165, 1.54) is 0 Å². The van der Waals surface area contributed by atoms with Crippen molar-refractivity contribution < 1.29 is 4.74 Å². The molecule has 0 spiro atoms. The van der Waals surface area contributed by atoms with Gasteiger partial charge in [-0.15, -0.1) is 11.6 Å². The van der Waals surface area contributed by atoms with Crippen molar-refractivity contribution in [2.24, 2.45) is 0 Å². The first kappa shape index (κ1) is 4.41. The van der Waals surface area contributed by atoms with E-state index in [1.807, 2.05) is 6.92 Å². The number of hydrogen-bond acceptors (Lipinski definition) is 1. The van der Waals surface area contributed by atoms with Crippen molar-refractivity contribution in [2.45, 2.75) is 19.1 Å². The van der Waals surface area contributed by atoms with Crippen LogP contribution in [0, 0.1) is 0 Å². The molecule has 0 aromatic heterocycles. The molecule has 0 bridgehead atoms. The van der Waals surface area contributed by atoms with E-state index < -0.39 is 0 Å². The van der Waals surface area contributed by atoms with Crippen molar-refractivity contribution in [3.8, 4) is 0 Å². The standard InChI is InChI=1S/C4H7ClO/c1-3-4(2-5)6-3/h3-4H,2H2,1H3/t3-,4-/m0/s1. The Morgan fingerprint density at radius 2 is 2.33 bits per heavy atom. The van der Waals surface area contributed by atoms with Gasteiger partial charge in [0.05, 0.1) is 18.1 Å². The Labute approximate surface area is 42.2 Å². The summed E-state index contributed by atoms with van der Waals surface area (Å²) in [6.07, 6.45) is 0.800. The van der Waals surface area contributed by atoms with Gasteiger partial charge in [-0.2, -0.15) is 0 Å². The number of epoxide rings is 1. The second kappa shape index (κ2) is 1.39. The Morgan fingerprint density at radius 3 is 2.33 bits per heavy atom. The van der Waals surface area contributed by atoms with Crippen LogP contribution in [-0.2, 0) is 4.74 Å². The molecule has 0 aliphatic carbocycles. The fourth-order valence-corrected chi connectivity index (χ4v) is 0.716. The topological polar surface area (TPSA) is 12.5 Å². The van der Waals surface area contributed by atoms with Gasteiger partial charge in [-0.25, -0.2) is 0 Å². The van der Waals surface area contributed by atoms with Gasteiger partial charge in [0.25, 0.3) is 0 Å². The van der Waals surface area contributed by atoms with Crippen molar-refractivity contribution >= 4 is 11.6 Å². The molecule has 1 fully saturated rings. The Kier molecular flexibility index (Phi) is 1.02. The summed E-state index contributed by atoms with van der Waals surface area (Å²) in [7, 11) is 0. The highest BCUT2D eigenvalue weighted by atomic mass is 35.5. The molecule has 6 heavy (non-hydrogen) atoms. The zero-order valence-electron chi connectivity index (χ0n) is 3.65. The van der Waals surface area contributed by atoms with Crippen LogP contribution in [0.25, 0.3) is 0 Å². The van der Waals surface area contributed by atoms with E-state index in [0.29, 0.717) is 18.1 Å². The molecule has 2 heteroatoms. The average Bonchev–Trinajstić information content (AvgIpc) is 2.19. The van der Waals surface area contributed by atoms with Gasteiger partial charge >= 0.3 is 0 Å². The Balaban J connectivity index is 2.09. The first-order valence-corrected chi connectivity index (χ1v) is 2.59. The lowest BCUT2D eigenvalue weighted by Gasteiger charge is -1.70. The zero-order valence-corrected chi connectivity index (χ0v) is 4.40. The maximum absolute atomic E-state index is 5.37. The van der Waals surface area contributed by atoms with Crippen LogP contribution in [0.4, 0.5) is 0 Å². The monoisotopic (exact) mass is 106 g/mol. The predicted octanol–water partition coefficient (Wildman–Crippen LogP) is 1.01. The second-order valence-electron chi connectivity index (χ2n) is 1.53. The van der Waals surface area contributed by atoms with E-state index in [9.17, 15) is 0 Å². The van der Waals surface area contributed by atoms with Crippen molar-refractivity contribution in [1.82, 2.24) is 0 Å². The largest absolute Gasteiger partial charge is 0.369 e. The minimum Gasteiger partial charge on any atom is -0.369 e. The van der Waals surface area contributed by atoms with Crippen molar-refractivity contribution in [3.63, 3.8) is 0 Å². The smallest absolute Gasteiger partial charge is 0.0973 e. The Hall–Kier alpha value is 0.250. The number of alkyl halides is 1. The van der Waals surface area contributed by atoms with Crippen LogP contribution >= 0.6 is 11.6 Å². The van der Waals surface area contributed by atoms with Gasteiger partial charge in [0, 0.05) is 0 Å². The molecule has 1 saturated heterocycles. The summed E-state index contributed by atoms with van der Waals surface area (Å²) in [5, 5.41) is 0. The van der Waals surface area contributed by atoms with Crippen molar-refractivity contribution in [3.05, 3.63) is 0 Å². The Bertz CT molecular complexity index is 53.5. The molecule has 0 aromatic carbocycles. The summed E-state index contributed by atoms with van der Waals surface area (Å²) in [6.45, 7) is 2.02. The molecule has 0 unspecified atom stereocenters. The summed E-state index contributed by atoms with van der Waals surface area (Å²) in [6, 6.07) is 0. The lowest BCUT2D eigenvalue weighted by atomic mass is 10.4. The van der Waals surface area contributed by atoms with Crippen LogP contribution in [-0.4, -0.2) is 18.1 Å². The zero-order chi connectivity index (χ0) is 4.57. The van der Waals surface area contributed by atoms with E-state index in [1.54, 1.807) is 0 Å². The lowest BCUT2D eigenvalue weighted by Crippen LogP contribution is -1.87. The highest BCUT2D eigenvalue weighted by Crippen LogP contribution is 2.21. The normalized spacial score (nSPS) is 43.0. The number of hydrogen-bond donors (Lipinski definition) is 0. The molecule has 1 heterocycles. The van der Waals surface area contributed by atoms with E-state index in [2.05, 4.69) is 0 Å². The van der Waals surface area contributed by atoms with E-state index >= 15 is 0 Å². The molecular formula is C4H7ClO. The summed E-state index contributed by atoms with van der Waals surface area (Å²) in [5.74, 6) is 0.654. The number of rotatable bonds is 1. The molecule has 2 atom stereocenters. The minimum atomic E-state index is 0.367. The molecule has 0 radical (unpaired) electrons. The first-order valence-electron chi connectivity index (χ1n) is 2.06. The van der Waals surface area contributed by atoms with Gasteiger partial charge in [-0.3, -0.25) is 0 Å². The molecule has 1 aliphatic heterocycles. The summed E-state index contributed by atoms with van der Waals surface area (Å²) >= 11 is 5.37. The highest BCUT2D eigenvalue weighted by molar-refractivity contribution is 6.18. The molecule has 1 aliphatic rings. The third-order valence-corrected chi connectivity index (χ3v) is 1.29. The number of halogens is 1. The third-order valence-electron chi connectivity index (χ3n) is 0.988. The van der Waals surface area contributed by atoms with Crippen LogP contribution in [0.15, 0.2) is 0 Å².